The minimum atomic E-state index is 0.00466. The predicted octanol–water partition coefficient (Wildman–Crippen LogP) is 0.0624. The van der Waals surface area contributed by atoms with Crippen LogP contribution in [0.4, 0.5) is 5.82 Å². The highest BCUT2D eigenvalue weighted by atomic mass is 35.5. The van der Waals surface area contributed by atoms with Gasteiger partial charge < -0.3 is 15.0 Å². The summed E-state index contributed by atoms with van der Waals surface area (Å²) in [7, 11) is 11.6. The van der Waals surface area contributed by atoms with E-state index in [0.29, 0.717) is 21.8 Å². The molecule has 0 aliphatic heterocycles. The van der Waals surface area contributed by atoms with Gasteiger partial charge in [0.1, 0.15) is 7.85 Å². The van der Waals surface area contributed by atoms with E-state index in [1.807, 2.05) is 6.07 Å². The van der Waals surface area contributed by atoms with E-state index in [9.17, 15) is 0 Å². The summed E-state index contributed by atoms with van der Waals surface area (Å²) >= 11 is 6.20. The van der Waals surface area contributed by atoms with Crippen molar-refractivity contribution in [2.24, 2.45) is 0 Å². The van der Waals surface area contributed by atoms with E-state index in [4.69, 9.17) is 37.9 Å². The van der Waals surface area contributed by atoms with Gasteiger partial charge in [-0.3, -0.25) is 5.10 Å². The fourth-order valence-electron chi connectivity index (χ4n) is 1.97. The summed E-state index contributed by atoms with van der Waals surface area (Å²) in [6.07, 6.45) is 1.64. The van der Waals surface area contributed by atoms with Crippen molar-refractivity contribution in [2.45, 2.75) is 0 Å². The third kappa shape index (κ3) is 2.62. The van der Waals surface area contributed by atoms with Gasteiger partial charge in [0.15, 0.2) is 5.82 Å². The largest absolute Gasteiger partial charge is 0.556 e. The van der Waals surface area contributed by atoms with Crippen molar-refractivity contribution in [3.8, 4) is 17.1 Å². The van der Waals surface area contributed by atoms with E-state index in [0.717, 1.165) is 13.1 Å². The van der Waals surface area contributed by atoms with Crippen LogP contribution in [-0.4, -0.2) is 43.7 Å². The van der Waals surface area contributed by atoms with E-state index in [-0.39, 0.29) is 17.3 Å². The summed E-state index contributed by atoms with van der Waals surface area (Å²) in [5.74, 6) is 0.0168. The lowest BCUT2D eigenvalue weighted by Gasteiger charge is -2.11. The Bertz CT molecular complexity index is 844. The molecular weight excluding hydrogens is 302 g/mol. The highest BCUT2D eigenvalue weighted by Gasteiger charge is 2.14. The van der Waals surface area contributed by atoms with Gasteiger partial charge in [0, 0.05) is 16.5 Å². The Labute approximate surface area is 133 Å². The van der Waals surface area contributed by atoms with Crippen molar-refractivity contribution in [1.82, 2.24) is 20.2 Å². The van der Waals surface area contributed by atoms with Gasteiger partial charge >= 0.3 is 7.69 Å². The number of nitrogens with one attached hydrogen (secondary N) is 1. The van der Waals surface area contributed by atoms with E-state index in [2.05, 4.69) is 24.7 Å². The maximum absolute atomic E-state index is 6.20. The molecule has 0 amide bonds. The van der Waals surface area contributed by atoms with Crippen LogP contribution < -0.4 is 16.0 Å². The second-order valence-corrected chi connectivity index (χ2v) is 4.70. The Hall–Kier alpha value is -2.19. The van der Waals surface area contributed by atoms with Gasteiger partial charge in [-0.05, 0) is 12.1 Å². The minimum absolute atomic E-state index is 0.00466. The number of halogens is 1. The number of aromatic amines is 1. The monoisotopic (exact) mass is 308 g/mol. The first kappa shape index (κ1) is 14.7. The maximum Gasteiger partial charge on any atom is 0.556 e. The Balaban J connectivity index is 2.12. The zero-order valence-corrected chi connectivity index (χ0v) is 11.8. The number of benzene rings is 1. The number of hydrogen-bond acceptors (Lipinski definition) is 6. The van der Waals surface area contributed by atoms with Gasteiger partial charge in [-0.2, -0.15) is 5.10 Å². The van der Waals surface area contributed by atoms with Crippen LogP contribution in [0.5, 0.6) is 5.88 Å². The molecule has 0 bridgehead atoms. The van der Waals surface area contributed by atoms with Crippen LogP contribution in [0.1, 0.15) is 0 Å². The van der Waals surface area contributed by atoms with E-state index in [1.165, 1.54) is 0 Å². The highest BCUT2D eigenvalue weighted by Crippen LogP contribution is 2.29. The van der Waals surface area contributed by atoms with Crippen molar-refractivity contribution in [3.05, 3.63) is 23.4 Å². The maximum atomic E-state index is 6.20. The molecule has 0 saturated heterocycles. The molecule has 3 N–H and O–H groups in total. The number of fused-ring (bicyclic) bond motifs is 1. The lowest BCUT2D eigenvalue weighted by Crippen LogP contribution is -2.19. The fourth-order valence-corrected chi connectivity index (χ4v) is 2.24. The molecule has 0 unspecified atom stereocenters. The molecule has 0 fully saturated rings. The summed E-state index contributed by atoms with van der Waals surface area (Å²) in [5, 5.41) is 8.01. The lowest BCUT2D eigenvalue weighted by atomic mass is 9.96. The van der Waals surface area contributed by atoms with Crippen LogP contribution in [0.2, 0.25) is 5.02 Å². The van der Waals surface area contributed by atoms with Crippen molar-refractivity contribution in [3.63, 3.8) is 0 Å². The molecule has 0 spiro atoms. The quantitative estimate of drug-likeness (QED) is 0.661. The molecule has 1 aromatic carbocycles. The summed E-state index contributed by atoms with van der Waals surface area (Å²) in [6, 6.07) is 3.50. The van der Waals surface area contributed by atoms with Gasteiger partial charge in [0.05, 0.1) is 22.4 Å². The van der Waals surface area contributed by atoms with E-state index >= 15 is 0 Å². The first-order valence-electron chi connectivity index (χ1n) is 6.00. The minimum Gasteiger partial charge on any atom is -0.521 e. The first-order valence-corrected chi connectivity index (χ1v) is 6.38. The summed E-state index contributed by atoms with van der Waals surface area (Å²) < 4.78 is 9.24. The molecule has 0 aliphatic rings. The molecule has 3 aromatic rings. The first-order chi connectivity index (χ1) is 10.6. The smallest absolute Gasteiger partial charge is 0.521 e. The number of anilines is 1. The summed E-state index contributed by atoms with van der Waals surface area (Å²) in [6.45, 7) is 0. The zero-order chi connectivity index (χ0) is 15.7. The SMILES string of the molecule is [B]O[B]Oc1nc(-c2cc(Cl)c3[nH]ncc3c2)c([B])nc1N. The second-order valence-electron chi connectivity index (χ2n) is 4.29. The van der Waals surface area contributed by atoms with Crippen molar-refractivity contribution >= 4 is 57.5 Å². The molecule has 22 heavy (non-hydrogen) atoms. The summed E-state index contributed by atoms with van der Waals surface area (Å²) in [5.41, 5.74) is 7.53. The Morgan fingerprint density at radius 2 is 2.14 bits per heavy atom. The number of H-pyrrole nitrogens is 1. The molecule has 0 aliphatic carbocycles. The predicted molar refractivity (Wildman–Crippen MR) is 85.2 cm³/mol. The zero-order valence-electron chi connectivity index (χ0n) is 11.1. The lowest BCUT2D eigenvalue weighted by molar-refractivity contribution is 0.470. The molecule has 5 radical (unpaired) electrons. The van der Waals surface area contributed by atoms with Gasteiger partial charge in [-0.15, -0.1) is 0 Å². The molecule has 3 rings (SSSR count). The normalized spacial score (nSPS) is 10.8. The topological polar surface area (TPSA) is 98.9 Å². The Kier molecular flexibility index (Phi) is 3.95. The van der Waals surface area contributed by atoms with Gasteiger partial charge in [-0.25, -0.2) is 9.97 Å². The van der Waals surface area contributed by atoms with E-state index in [1.54, 1.807) is 12.3 Å². The van der Waals surface area contributed by atoms with Crippen LogP contribution in [0.25, 0.3) is 22.2 Å². The van der Waals surface area contributed by atoms with Crippen molar-refractivity contribution in [2.75, 3.05) is 5.73 Å². The van der Waals surface area contributed by atoms with Gasteiger partial charge in [0.2, 0.25) is 5.88 Å². The standard InChI is InChI=1S/C11H6B3ClN5O2/c12-9-8(18-11(10(16)19-9)21-14-22-13)4-1-5-3-17-20-7(5)6(15)2-4/h1-3H,(H2,16,19)(H,17,20). The third-order valence-corrected chi connectivity index (χ3v) is 3.20. The van der Waals surface area contributed by atoms with Crippen LogP contribution in [0.3, 0.4) is 0 Å². The number of nitrogens with zero attached hydrogens (tertiary/aromatic N) is 3. The van der Waals surface area contributed by atoms with Crippen molar-refractivity contribution < 1.29 is 9.23 Å². The number of nitrogens with two attached hydrogens (primary N) is 1. The third-order valence-electron chi connectivity index (χ3n) is 2.91. The van der Waals surface area contributed by atoms with Crippen LogP contribution >= 0.6 is 11.6 Å². The number of rotatable bonds is 4. The highest BCUT2D eigenvalue weighted by molar-refractivity contribution is 6.36. The van der Waals surface area contributed by atoms with Crippen LogP contribution in [0.15, 0.2) is 18.3 Å². The number of nitrogen functional groups attached to an aromatic ring is 1. The van der Waals surface area contributed by atoms with Gasteiger partial charge in [-0.1, -0.05) is 11.6 Å². The molecule has 2 heterocycles. The van der Waals surface area contributed by atoms with Gasteiger partial charge in [0.25, 0.3) is 8.05 Å². The number of hydrogen-bond donors (Lipinski definition) is 2. The Morgan fingerprint density at radius 1 is 1.32 bits per heavy atom. The molecule has 0 saturated carbocycles. The molecule has 103 valence electrons. The van der Waals surface area contributed by atoms with Crippen LogP contribution in [-0.2, 0) is 4.57 Å². The molecule has 11 heteroatoms. The van der Waals surface area contributed by atoms with E-state index < -0.39 is 0 Å². The van der Waals surface area contributed by atoms with Crippen molar-refractivity contribution in [1.29, 1.82) is 0 Å². The Morgan fingerprint density at radius 3 is 2.91 bits per heavy atom. The average Bonchev–Trinajstić information content (AvgIpc) is 2.95. The molecule has 7 nitrogen and oxygen atoms in total. The number of aromatic nitrogens is 4. The second kappa shape index (κ2) is 5.90. The molecule has 2 aromatic heterocycles. The van der Waals surface area contributed by atoms with Crippen LogP contribution in [0, 0.1) is 0 Å². The fraction of sp³-hybridized carbons (Fsp3) is 0. The molecule has 0 atom stereocenters. The molecular formula is C11H6B3ClN5O2. The average molecular weight is 308 g/mol. The summed E-state index contributed by atoms with van der Waals surface area (Å²) in [4.78, 5) is 8.21.